The molecule has 11 rings (SSSR count). The molecule has 0 amide bonds. The van der Waals surface area contributed by atoms with Gasteiger partial charge < -0.3 is 14.2 Å². The molecule has 7 heteroatoms. The van der Waals surface area contributed by atoms with Gasteiger partial charge in [0.1, 0.15) is 0 Å². The largest absolute Gasteiger partial charge is 0.487 e. The summed E-state index contributed by atoms with van der Waals surface area (Å²) in [5.74, 6) is -7.44. The molecule has 1 unspecified atom stereocenters. The van der Waals surface area contributed by atoms with Crippen molar-refractivity contribution in [3.63, 3.8) is 0 Å². The third-order valence-electron chi connectivity index (χ3n) is 14.8. The van der Waals surface area contributed by atoms with Gasteiger partial charge in [-0.3, -0.25) is 0 Å². The van der Waals surface area contributed by atoms with Crippen molar-refractivity contribution in [1.82, 2.24) is 4.57 Å². The van der Waals surface area contributed by atoms with Crippen LogP contribution in [-0.2, 0) is 11.8 Å². The van der Waals surface area contributed by atoms with Crippen LogP contribution in [0.25, 0.3) is 60.9 Å². The van der Waals surface area contributed by atoms with Crippen LogP contribution in [0.3, 0.4) is 0 Å². The minimum Gasteiger partial charge on any atom is -0.487 e. The van der Waals surface area contributed by atoms with Crippen molar-refractivity contribution in [2.24, 2.45) is 0 Å². The molecule has 0 spiro atoms. The number of nitrogens with zero attached hydrogens (tertiary/aromatic N) is 2. The lowest BCUT2D eigenvalue weighted by atomic mass is 9.82. The lowest BCUT2D eigenvalue weighted by Crippen LogP contribution is -2.16. The summed E-state index contributed by atoms with van der Waals surface area (Å²) in [7, 11) is 0. The fourth-order valence-electron chi connectivity index (χ4n) is 10.8. The molecule has 0 fully saturated rings. The molecule has 0 N–H and O–H groups in total. The van der Waals surface area contributed by atoms with E-state index < -0.39 is 40.5 Å². The highest BCUT2D eigenvalue weighted by Crippen LogP contribution is 2.51. The number of rotatable bonds is 14. The summed E-state index contributed by atoms with van der Waals surface area (Å²) in [4.78, 5) is 2.35. The molecular weight excluding hydrogens is 901 g/mol. The molecular formula is C65H54F4N2O. The van der Waals surface area contributed by atoms with Crippen LogP contribution >= 0.6 is 0 Å². The van der Waals surface area contributed by atoms with Crippen molar-refractivity contribution < 1.29 is 22.3 Å². The smallest absolute Gasteiger partial charge is 0.204 e. The van der Waals surface area contributed by atoms with Crippen molar-refractivity contribution in [1.29, 1.82) is 0 Å². The normalized spacial score (nSPS) is 13.1. The molecule has 0 saturated heterocycles. The number of halogens is 4. The van der Waals surface area contributed by atoms with Crippen molar-refractivity contribution in [2.75, 3.05) is 11.5 Å². The number of aryl methyl sites for hydroxylation is 1. The van der Waals surface area contributed by atoms with Crippen LogP contribution in [0.5, 0.6) is 5.75 Å². The first-order valence-corrected chi connectivity index (χ1v) is 24.9. The van der Waals surface area contributed by atoms with Gasteiger partial charge >= 0.3 is 0 Å². The van der Waals surface area contributed by atoms with E-state index in [1.807, 2.05) is 24.3 Å². The number of ether oxygens (including phenoxy) is 1. The second kappa shape index (κ2) is 19.0. The molecule has 1 heterocycles. The summed E-state index contributed by atoms with van der Waals surface area (Å²) in [6.45, 7) is 7.79. The van der Waals surface area contributed by atoms with Crippen LogP contribution in [-0.4, -0.2) is 11.2 Å². The van der Waals surface area contributed by atoms with Crippen LogP contribution in [0.15, 0.2) is 188 Å². The Morgan fingerprint density at radius 2 is 1.06 bits per heavy atom. The highest BCUT2D eigenvalue weighted by atomic mass is 19.2. The minimum absolute atomic E-state index is 0.0916. The van der Waals surface area contributed by atoms with Crippen LogP contribution in [0, 0.1) is 23.3 Å². The second-order valence-corrected chi connectivity index (χ2v) is 19.6. The summed E-state index contributed by atoms with van der Waals surface area (Å²) in [6, 6.07) is 67.3. The van der Waals surface area contributed by atoms with E-state index in [9.17, 15) is 17.6 Å². The molecule has 1 atom stereocenters. The fraction of sp³-hybridized carbons (Fsp3) is 0.169. The van der Waals surface area contributed by atoms with Gasteiger partial charge in [-0.05, 0) is 154 Å². The molecule has 0 aliphatic heterocycles. The zero-order valence-electron chi connectivity index (χ0n) is 40.8. The number of fused-ring (bicyclic) bond motifs is 6. The molecule has 0 radical (unpaired) electrons. The Kier molecular flexibility index (Phi) is 12.3. The summed E-state index contributed by atoms with van der Waals surface area (Å²) in [6.07, 6.45) is 2.05. The van der Waals surface area contributed by atoms with Crippen molar-refractivity contribution >= 4 is 38.9 Å². The second-order valence-electron chi connectivity index (χ2n) is 19.6. The molecule has 0 bridgehead atoms. The quantitative estimate of drug-likeness (QED) is 0.0614. The first-order chi connectivity index (χ1) is 35.0. The van der Waals surface area contributed by atoms with Gasteiger partial charge in [-0.15, -0.1) is 0 Å². The van der Waals surface area contributed by atoms with Gasteiger partial charge in [0, 0.05) is 44.5 Å². The van der Waals surface area contributed by atoms with E-state index in [1.54, 1.807) is 6.92 Å². The predicted octanol–water partition coefficient (Wildman–Crippen LogP) is 18.4. The highest BCUT2D eigenvalue weighted by Gasteiger charge is 2.36. The molecule has 1 aromatic heterocycles. The number of para-hydroxylation sites is 1. The van der Waals surface area contributed by atoms with Crippen LogP contribution < -0.4 is 9.64 Å². The van der Waals surface area contributed by atoms with Crippen LogP contribution in [0.2, 0.25) is 0 Å². The first-order valence-electron chi connectivity index (χ1n) is 24.9. The molecule has 9 aromatic carbocycles. The predicted molar refractivity (Wildman–Crippen MR) is 287 cm³/mol. The lowest BCUT2D eigenvalue weighted by molar-refractivity contribution is 0.262. The number of anilines is 3. The standard InChI is InChI=1S/C65H54F4N2O/c1-5-41(2)59-60(66)62(68)64(63(69)61(59)67)72-37-15-14-16-42-23-35-57-53(38-42)54-39-46(28-36-58(54)71(57)47-19-10-7-11-20-47)45-26-31-49(32-27-45)70(48-29-24-44(25-30-48)43-17-8-6-9-18-43)50-33-34-52-51-21-12-13-22-55(51)65(3,4)56(52)40-50/h6-13,17-36,38-41H,5,14-16,37H2,1-4H3. The number of hydrogen-bond donors (Lipinski definition) is 0. The average molecular weight is 955 g/mol. The molecule has 10 aromatic rings. The molecule has 358 valence electrons. The zero-order valence-corrected chi connectivity index (χ0v) is 40.8. The summed E-state index contributed by atoms with van der Waals surface area (Å²) >= 11 is 0. The van der Waals surface area contributed by atoms with Gasteiger partial charge in [0.25, 0.3) is 0 Å². The van der Waals surface area contributed by atoms with Gasteiger partial charge in [-0.1, -0.05) is 143 Å². The number of unbranched alkanes of at least 4 members (excludes halogenated alkanes) is 1. The van der Waals surface area contributed by atoms with Gasteiger partial charge in [0.05, 0.1) is 17.6 Å². The topological polar surface area (TPSA) is 17.4 Å². The first kappa shape index (κ1) is 46.5. The number of aromatic nitrogens is 1. The van der Waals surface area contributed by atoms with E-state index in [0.717, 1.165) is 66.8 Å². The fourth-order valence-corrected chi connectivity index (χ4v) is 10.8. The molecule has 1 aliphatic carbocycles. The Labute approximate surface area is 418 Å². The Bertz CT molecular complexity index is 3590. The zero-order chi connectivity index (χ0) is 49.7. The SMILES string of the molecule is CCC(C)c1c(F)c(F)c(OCCCCc2ccc3c(c2)c2cc(-c4ccc(N(c5ccc(-c6ccccc6)cc5)c5ccc6c(c5)C(C)(C)c5ccccc5-6)cc4)ccc2n3-c2ccccc2)c(F)c1F. The maximum absolute atomic E-state index is 14.9. The van der Waals surface area contributed by atoms with Crippen molar-refractivity contribution in [3.8, 4) is 44.8 Å². The van der Waals surface area contributed by atoms with Crippen molar-refractivity contribution in [2.45, 2.75) is 64.7 Å². The van der Waals surface area contributed by atoms with Crippen LogP contribution in [0.1, 0.15) is 75.1 Å². The van der Waals surface area contributed by atoms with E-state index >= 15 is 0 Å². The summed E-state index contributed by atoms with van der Waals surface area (Å²) in [5.41, 5.74) is 16.5. The highest BCUT2D eigenvalue weighted by molar-refractivity contribution is 6.10. The summed E-state index contributed by atoms with van der Waals surface area (Å²) in [5, 5.41) is 2.21. The summed E-state index contributed by atoms with van der Waals surface area (Å²) < 4.78 is 67.2. The number of hydrogen-bond acceptors (Lipinski definition) is 2. The number of benzene rings is 9. The third-order valence-corrected chi connectivity index (χ3v) is 14.8. The molecule has 0 saturated carbocycles. The van der Waals surface area contributed by atoms with E-state index in [-0.39, 0.29) is 12.0 Å². The maximum atomic E-state index is 14.9. The Morgan fingerprint density at radius 3 is 1.72 bits per heavy atom. The minimum atomic E-state index is -1.49. The monoisotopic (exact) mass is 954 g/mol. The third kappa shape index (κ3) is 8.20. The Morgan fingerprint density at radius 1 is 0.514 bits per heavy atom. The lowest BCUT2D eigenvalue weighted by Gasteiger charge is -2.28. The maximum Gasteiger partial charge on any atom is 0.204 e. The van der Waals surface area contributed by atoms with Gasteiger partial charge in [0.2, 0.25) is 11.6 Å². The van der Waals surface area contributed by atoms with Crippen LogP contribution in [0.4, 0.5) is 34.6 Å². The van der Waals surface area contributed by atoms with Gasteiger partial charge in [0.15, 0.2) is 17.4 Å². The Hall–Kier alpha value is -7.90. The average Bonchev–Trinajstić information content (AvgIpc) is 3.86. The Balaban J connectivity index is 0.902. The van der Waals surface area contributed by atoms with Crippen molar-refractivity contribution in [3.05, 3.63) is 234 Å². The van der Waals surface area contributed by atoms with E-state index in [4.69, 9.17) is 4.74 Å². The van der Waals surface area contributed by atoms with Gasteiger partial charge in [-0.2, -0.15) is 8.78 Å². The van der Waals surface area contributed by atoms with E-state index in [0.29, 0.717) is 25.7 Å². The molecule has 3 nitrogen and oxygen atoms in total. The molecule has 1 aliphatic rings. The van der Waals surface area contributed by atoms with E-state index in [2.05, 4.69) is 187 Å². The van der Waals surface area contributed by atoms with Gasteiger partial charge in [-0.25, -0.2) is 8.78 Å². The van der Waals surface area contributed by atoms with E-state index in [1.165, 1.54) is 34.7 Å². The molecule has 72 heavy (non-hydrogen) atoms.